The van der Waals surface area contributed by atoms with Crippen molar-refractivity contribution in [3.63, 3.8) is 0 Å². The van der Waals surface area contributed by atoms with Gasteiger partial charge in [0.15, 0.2) is 0 Å². The van der Waals surface area contributed by atoms with E-state index in [1.807, 2.05) is 0 Å². The fourth-order valence-corrected chi connectivity index (χ4v) is 5.85. The Morgan fingerprint density at radius 3 is 2.96 bits per heavy atom. The molecule has 0 spiro atoms. The Hall–Kier alpha value is -1.71. The largest absolute Gasteiger partial charge is 0.497 e. The van der Waals surface area contributed by atoms with Gasteiger partial charge in [0.2, 0.25) is 0 Å². The van der Waals surface area contributed by atoms with E-state index in [1.165, 1.54) is 11.1 Å². The molecule has 6 atom stereocenters. The highest BCUT2D eigenvalue weighted by molar-refractivity contribution is 5.40. The monoisotopic (exact) mass is 327 g/mol. The molecule has 24 heavy (non-hydrogen) atoms. The summed E-state index contributed by atoms with van der Waals surface area (Å²) in [5.74, 6) is 2.53. The number of hydrogen-bond donors (Lipinski definition) is 1. The van der Waals surface area contributed by atoms with Crippen LogP contribution in [-0.4, -0.2) is 24.4 Å². The number of aliphatic hydroxyl groups excluding tert-OH is 1. The molecular weight excluding hydrogens is 302 g/mol. The van der Waals surface area contributed by atoms with Gasteiger partial charge in [0.25, 0.3) is 0 Å². The van der Waals surface area contributed by atoms with Crippen molar-refractivity contribution < 1.29 is 9.84 Å². The van der Waals surface area contributed by atoms with E-state index < -0.39 is 6.10 Å². The normalized spacial score (nSPS) is 40.0. The molecular formula is C19H25N3O2. The molecule has 5 heteroatoms. The lowest BCUT2D eigenvalue weighted by Crippen LogP contribution is -2.44. The molecule has 0 radical (unpaired) electrons. The Balaban J connectivity index is 1.67. The fraction of sp³-hybridized carbons (Fsp3) is 0.684. The van der Waals surface area contributed by atoms with Crippen LogP contribution >= 0.6 is 0 Å². The third kappa shape index (κ3) is 2.15. The minimum absolute atomic E-state index is 0.107. The van der Waals surface area contributed by atoms with Gasteiger partial charge in [-0.2, -0.15) is 0 Å². The summed E-state index contributed by atoms with van der Waals surface area (Å²) in [4.78, 5) is 2.97. The summed E-state index contributed by atoms with van der Waals surface area (Å²) in [5.41, 5.74) is 11.6. The van der Waals surface area contributed by atoms with E-state index in [9.17, 15) is 5.11 Å². The Morgan fingerprint density at radius 2 is 2.21 bits per heavy atom. The van der Waals surface area contributed by atoms with E-state index >= 15 is 0 Å². The molecule has 0 heterocycles. The third-order valence-electron chi connectivity index (χ3n) is 7.11. The van der Waals surface area contributed by atoms with Gasteiger partial charge in [0.05, 0.1) is 19.3 Å². The summed E-state index contributed by atoms with van der Waals surface area (Å²) in [5, 5.41) is 14.6. The van der Waals surface area contributed by atoms with Crippen LogP contribution in [0.3, 0.4) is 0 Å². The van der Waals surface area contributed by atoms with Gasteiger partial charge in [-0.25, -0.2) is 0 Å². The van der Waals surface area contributed by atoms with Gasteiger partial charge in [-0.1, -0.05) is 18.1 Å². The van der Waals surface area contributed by atoms with Crippen LogP contribution in [-0.2, 0) is 6.42 Å². The topological polar surface area (TPSA) is 78.2 Å². The van der Waals surface area contributed by atoms with Crippen LogP contribution in [0.5, 0.6) is 5.75 Å². The Kier molecular flexibility index (Phi) is 3.74. The van der Waals surface area contributed by atoms with Gasteiger partial charge < -0.3 is 9.84 Å². The van der Waals surface area contributed by atoms with E-state index in [2.05, 4.69) is 35.1 Å². The predicted molar refractivity (Wildman–Crippen MR) is 91.9 cm³/mol. The Morgan fingerprint density at radius 1 is 1.38 bits per heavy atom. The van der Waals surface area contributed by atoms with Crippen molar-refractivity contribution in [3.8, 4) is 5.75 Å². The van der Waals surface area contributed by atoms with E-state index in [1.54, 1.807) is 7.11 Å². The maximum atomic E-state index is 10.7. The smallest absolute Gasteiger partial charge is 0.119 e. The van der Waals surface area contributed by atoms with E-state index in [0.717, 1.165) is 37.9 Å². The first-order valence-corrected chi connectivity index (χ1v) is 8.97. The predicted octanol–water partition coefficient (Wildman–Crippen LogP) is 4.20. The number of rotatable bonds is 2. The van der Waals surface area contributed by atoms with Crippen molar-refractivity contribution in [2.45, 2.75) is 57.1 Å². The quantitative estimate of drug-likeness (QED) is 0.502. The van der Waals surface area contributed by atoms with Crippen molar-refractivity contribution in [2.75, 3.05) is 7.11 Å². The van der Waals surface area contributed by atoms with Crippen LogP contribution < -0.4 is 4.74 Å². The molecule has 0 amide bonds. The first kappa shape index (κ1) is 15.8. The molecule has 0 bridgehead atoms. The molecule has 3 aliphatic rings. The number of hydrogen-bond acceptors (Lipinski definition) is 3. The van der Waals surface area contributed by atoms with E-state index in [0.29, 0.717) is 17.8 Å². The molecule has 1 aromatic rings. The molecule has 3 aliphatic carbocycles. The van der Waals surface area contributed by atoms with Crippen molar-refractivity contribution in [1.29, 1.82) is 0 Å². The second-order valence-corrected chi connectivity index (χ2v) is 7.98. The maximum Gasteiger partial charge on any atom is 0.119 e. The summed E-state index contributed by atoms with van der Waals surface area (Å²) in [7, 11) is 1.72. The van der Waals surface area contributed by atoms with Crippen molar-refractivity contribution in [1.82, 2.24) is 0 Å². The van der Waals surface area contributed by atoms with Gasteiger partial charge in [-0.3, -0.25) is 0 Å². The lowest BCUT2D eigenvalue weighted by atomic mass is 9.55. The lowest BCUT2D eigenvalue weighted by Gasteiger charge is -2.50. The van der Waals surface area contributed by atoms with Crippen LogP contribution in [0, 0.1) is 17.3 Å². The zero-order valence-electron chi connectivity index (χ0n) is 14.4. The number of azide groups is 1. The molecule has 4 rings (SSSR count). The number of benzene rings is 1. The second-order valence-electron chi connectivity index (χ2n) is 7.98. The number of ether oxygens (including phenoxy) is 1. The molecule has 0 aromatic heterocycles. The lowest BCUT2D eigenvalue weighted by molar-refractivity contribution is -0.0255. The number of fused-ring (bicyclic) bond motifs is 5. The average Bonchev–Trinajstić information content (AvgIpc) is 2.86. The molecule has 0 saturated heterocycles. The highest BCUT2D eigenvalue weighted by atomic mass is 16.5. The van der Waals surface area contributed by atoms with Crippen LogP contribution in [0.15, 0.2) is 23.3 Å². The Labute approximate surface area is 142 Å². The van der Waals surface area contributed by atoms with Gasteiger partial charge in [0, 0.05) is 4.91 Å². The summed E-state index contributed by atoms with van der Waals surface area (Å²) >= 11 is 0. The minimum Gasteiger partial charge on any atom is -0.497 e. The van der Waals surface area contributed by atoms with Gasteiger partial charge >= 0.3 is 0 Å². The van der Waals surface area contributed by atoms with Crippen molar-refractivity contribution >= 4 is 0 Å². The van der Waals surface area contributed by atoms with Crippen LogP contribution in [0.25, 0.3) is 10.4 Å². The number of aryl methyl sites for hydroxylation is 1. The first-order valence-electron chi connectivity index (χ1n) is 8.97. The molecule has 2 saturated carbocycles. The van der Waals surface area contributed by atoms with Crippen LogP contribution in [0.4, 0.5) is 0 Å². The fourth-order valence-electron chi connectivity index (χ4n) is 5.85. The number of nitrogens with zero attached hydrogens (tertiary/aromatic N) is 3. The standard InChI is InChI=1S/C19H25N3O2/c1-19-8-7-14-13-6-4-12(24-2)9-11(13)3-5-15(14)16(19)10-17(18(19)23)21-22-20/h4,6,9,14-18,23H,3,5,7-8,10H2,1-2H3/t14-,15-,16+,17+,18-,19+/m1/s1. The van der Waals surface area contributed by atoms with Crippen molar-refractivity contribution in [2.24, 2.45) is 22.4 Å². The maximum absolute atomic E-state index is 10.7. The highest BCUT2D eigenvalue weighted by Gasteiger charge is 2.57. The summed E-state index contributed by atoms with van der Waals surface area (Å²) in [6.07, 6.45) is 4.66. The molecule has 1 N–H and O–H groups in total. The average molecular weight is 327 g/mol. The molecule has 0 aliphatic heterocycles. The Bertz CT molecular complexity index is 700. The van der Waals surface area contributed by atoms with E-state index in [4.69, 9.17) is 10.3 Å². The van der Waals surface area contributed by atoms with E-state index in [-0.39, 0.29) is 11.5 Å². The second kappa shape index (κ2) is 5.68. The van der Waals surface area contributed by atoms with Gasteiger partial charge in [-0.05, 0) is 84.1 Å². The summed E-state index contributed by atoms with van der Waals surface area (Å²) < 4.78 is 5.38. The molecule has 1 aromatic carbocycles. The highest BCUT2D eigenvalue weighted by Crippen LogP contribution is 2.61. The molecule has 5 nitrogen and oxygen atoms in total. The molecule has 0 unspecified atom stereocenters. The van der Waals surface area contributed by atoms with Crippen molar-refractivity contribution in [3.05, 3.63) is 39.8 Å². The van der Waals surface area contributed by atoms with Crippen LogP contribution in [0.2, 0.25) is 0 Å². The zero-order chi connectivity index (χ0) is 16.9. The third-order valence-corrected chi connectivity index (χ3v) is 7.11. The first-order chi connectivity index (χ1) is 11.6. The molecule has 128 valence electrons. The number of methoxy groups -OCH3 is 1. The van der Waals surface area contributed by atoms with Gasteiger partial charge in [0.1, 0.15) is 5.75 Å². The summed E-state index contributed by atoms with van der Waals surface area (Å²) in [6.45, 7) is 2.20. The van der Waals surface area contributed by atoms with Gasteiger partial charge in [-0.15, -0.1) is 0 Å². The minimum atomic E-state index is -0.503. The molecule has 2 fully saturated rings. The zero-order valence-corrected chi connectivity index (χ0v) is 14.4. The number of aliphatic hydroxyl groups is 1. The SMILES string of the molecule is COc1ccc2c(c1)CC[C@@H]1[C@@H]2CC[C@]2(C)[C@H](O)[C@@H](N=[N+]=[N-])C[C@@H]12. The van der Waals surface area contributed by atoms with Crippen LogP contribution in [0.1, 0.15) is 49.7 Å². The summed E-state index contributed by atoms with van der Waals surface area (Å²) in [6, 6.07) is 6.23.